The highest BCUT2D eigenvalue weighted by molar-refractivity contribution is 5.93. The molecule has 26 heavy (non-hydrogen) atoms. The highest BCUT2D eigenvalue weighted by atomic mass is 16.1. The highest BCUT2D eigenvalue weighted by Gasteiger charge is 2.38. The van der Waals surface area contributed by atoms with Crippen LogP contribution in [0.4, 0.5) is 5.95 Å². The molecule has 0 spiro atoms. The Kier molecular flexibility index (Phi) is 3.13. The Morgan fingerprint density at radius 1 is 1.35 bits per heavy atom. The normalized spacial score (nSPS) is 20.3. The maximum atomic E-state index is 12.9. The average Bonchev–Trinajstić information content (AvgIpc) is 3.04. The second-order valence-corrected chi connectivity index (χ2v) is 7.91. The van der Waals surface area contributed by atoms with Gasteiger partial charge in [0.05, 0.1) is 10.9 Å². The number of H-pyrrole nitrogens is 1. The van der Waals surface area contributed by atoms with Gasteiger partial charge in [0.25, 0.3) is 5.56 Å². The summed E-state index contributed by atoms with van der Waals surface area (Å²) in [5.41, 5.74) is 5.32. The molecule has 5 rings (SSSR count). The van der Waals surface area contributed by atoms with Crippen LogP contribution in [0.1, 0.15) is 44.0 Å². The number of nitrogens with one attached hydrogen (secondary N) is 3. The molecule has 1 saturated carbocycles. The summed E-state index contributed by atoms with van der Waals surface area (Å²) in [6.45, 7) is 5.19. The van der Waals surface area contributed by atoms with Crippen LogP contribution in [0.2, 0.25) is 0 Å². The molecule has 1 aliphatic carbocycles. The molecule has 0 unspecified atom stereocenters. The van der Waals surface area contributed by atoms with E-state index in [1.807, 2.05) is 18.2 Å². The van der Waals surface area contributed by atoms with Gasteiger partial charge in [-0.2, -0.15) is 0 Å². The van der Waals surface area contributed by atoms with Crippen molar-refractivity contribution in [1.29, 1.82) is 0 Å². The van der Waals surface area contributed by atoms with Crippen molar-refractivity contribution in [3.05, 3.63) is 45.9 Å². The zero-order valence-corrected chi connectivity index (χ0v) is 15.3. The molecule has 2 aromatic heterocycles. The lowest BCUT2D eigenvalue weighted by Gasteiger charge is -2.16. The van der Waals surface area contributed by atoms with Crippen molar-refractivity contribution in [2.75, 3.05) is 5.32 Å². The number of hydrogen-bond donors (Lipinski definition) is 3. The molecule has 3 N–H and O–H groups in total. The van der Waals surface area contributed by atoms with Crippen LogP contribution in [0.25, 0.3) is 22.2 Å². The first-order chi connectivity index (χ1) is 12.5. The molecule has 3 heterocycles. The smallest absolute Gasteiger partial charge is 0.262 e. The largest absolute Gasteiger partial charge is 0.357 e. The molecule has 6 nitrogen and oxygen atoms in total. The van der Waals surface area contributed by atoms with Crippen molar-refractivity contribution < 1.29 is 0 Å². The number of fused-ring (bicyclic) bond motifs is 2. The fraction of sp³-hybridized carbons (Fsp3) is 0.400. The molecule has 0 amide bonds. The lowest BCUT2D eigenvalue weighted by molar-refractivity contribution is 0.622. The number of nitrogens with zero attached hydrogens (tertiary/aromatic N) is 2. The number of rotatable bonds is 3. The third kappa shape index (κ3) is 2.29. The summed E-state index contributed by atoms with van der Waals surface area (Å²) in [7, 11) is 1.78. The number of benzene rings is 1. The molecular weight excluding hydrogens is 326 g/mol. The number of hydrogen-bond acceptors (Lipinski definition) is 4. The van der Waals surface area contributed by atoms with Gasteiger partial charge in [0.15, 0.2) is 0 Å². The van der Waals surface area contributed by atoms with Crippen LogP contribution in [0.15, 0.2) is 29.1 Å². The third-order valence-electron chi connectivity index (χ3n) is 5.78. The summed E-state index contributed by atoms with van der Waals surface area (Å²) < 4.78 is 1.62. The van der Waals surface area contributed by atoms with E-state index in [1.54, 1.807) is 11.6 Å². The zero-order valence-electron chi connectivity index (χ0n) is 15.3. The Morgan fingerprint density at radius 2 is 2.15 bits per heavy atom. The van der Waals surface area contributed by atoms with Gasteiger partial charge in [-0.25, -0.2) is 4.98 Å². The van der Waals surface area contributed by atoms with Crippen LogP contribution in [0, 0.1) is 0 Å². The summed E-state index contributed by atoms with van der Waals surface area (Å²) in [5.74, 6) is 0.643. The van der Waals surface area contributed by atoms with Gasteiger partial charge in [-0.3, -0.25) is 9.36 Å². The maximum Gasteiger partial charge on any atom is 0.262 e. The predicted octanol–water partition coefficient (Wildman–Crippen LogP) is 3.06. The monoisotopic (exact) mass is 349 g/mol. The molecule has 134 valence electrons. The molecule has 1 atom stereocenters. The van der Waals surface area contributed by atoms with Gasteiger partial charge < -0.3 is 15.6 Å². The number of para-hydroxylation sites is 1. The van der Waals surface area contributed by atoms with Crippen LogP contribution in [-0.2, 0) is 13.6 Å². The summed E-state index contributed by atoms with van der Waals surface area (Å²) in [6.07, 6.45) is 2.22. The first-order valence-electron chi connectivity index (χ1n) is 9.19. The fourth-order valence-corrected chi connectivity index (χ4v) is 3.76. The number of anilines is 1. The van der Waals surface area contributed by atoms with E-state index in [1.165, 1.54) is 11.3 Å². The molecule has 2 aliphatic rings. The molecule has 0 bridgehead atoms. The van der Waals surface area contributed by atoms with Gasteiger partial charge in [-0.15, -0.1) is 0 Å². The van der Waals surface area contributed by atoms with Crippen LogP contribution in [0.5, 0.6) is 0 Å². The Balaban J connectivity index is 1.71. The lowest BCUT2D eigenvalue weighted by atomic mass is 10.1. The standard InChI is InChI=1S/C20H23N5O/c1-11-16-12(10-21-11)9-15(22-16)13-5-4-6-14-17(13)23-19(25(3)18(14)26)24-20(2)7-8-20/h4-6,9,11,21-22H,7-8,10H2,1-3H3,(H,23,24)/t11-/m1/s1. The minimum Gasteiger partial charge on any atom is -0.357 e. The minimum atomic E-state index is -0.0160. The van der Waals surface area contributed by atoms with E-state index in [0.717, 1.165) is 36.2 Å². The summed E-state index contributed by atoms with van der Waals surface area (Å²) in [4.78, 5) is 21.3. The molecular formula is C20H23N5O. The highest BCUT2D eigenvalue weighted by Crippen LogP contribution is 2.38. The van der Waals surface area contributed by atoms with E-state index in [9.17, 15) is 4.79 Å². The average molecular weight is 349 g/mol. The van der Waals surface area contributed by atoms with Gasteiger partial charge >= 0.3 is 0 Å². The van der Waals surface area contributed by atoms with E-state index in [4.69, 9.17) is 4.98 Å². The molecule has 3 aromatic rings. The number of aromatic amines is 1. The maximum absolute atomic E-state index is 12.9. The van der Waals surface area contributed by atoms with Crippen LogP contribution in [-0.4, -0.2) is 20.1 Å². The Bertz CT molecular complexity index is 1090. The fourth-order valence-electron chi connectivity index (χ4n) is 3.76. The number of aromatic nitrogens is 3. The summed E-state index contributed by atoms with van der Waals surface area (Å²) >= 11 is 0. The lowest BCUT2D eigenvalue weighted by Crippen LogP contribution is -2.27. The van der Waals surface area contributed by atoms with Crippen molar-refractivity contribution >= 4 is 16.9 Å². The van der Waals surface area contributed by atoms with E-state index < -0.39 is 0 Å². The second kappa shape index (κ2) is 5.20. The van der Waals surface area contributed by atoms with Crippen molar-refractivity contribution in [3.8, 4) is 11.3 Å². The molecule has 1 aromatic carbocycles. The molecule has 6 heteroatoms. The molecule has 0 radical (unpaired) electrons. The van der Waals surface area contributed by atoms with E-state index in [-0.39, 0.29) is 11.1 Å². The first-order valence-corrected chi connectivity index (χ1v) is 9.19. The predicted molar refractivity (Wildman–Crippen MR) is 103 cm³/mol. The minimum absolute atomic E-state index is 0.0160. The molecule has 1 aliphatic heterocycles. The van der Waals surface area contributed by atoms with Crippen molar-refractivity contribution in [3.63, 3.8) is 0 Å². The quantitative estimate of drug-likeness (QED) is 0.679. The van der Waals surface area contributed by atoms with Gasteiger partial charge in [0.2, 0.25) is 5.95 Å². The van der Waals surface area contributed by atoms with Gasteiger partial charge in [-0.05, 0) is 44.4 Å². The van der Waals surface area contributed by atoms with Crippen LogP contribution >= 0.6 is 0 Å². The van der Waals surface area contributed by atoms with Crippen LogP contribution in [0.3, 0.4) is 0 Å². The van der Waals surface area contributed by atoms with Crippen molar-refractivity contribution in [1.82, 2.24) is 19.9 Å². The second-order valence-electron chi connectivity index (χ2n) is 7.91. The van der Waals surface area contributed by atoms with E-state index in [0.29, 0.717) is 17.4 Å². The topological polar surface area (TPSA) is 74.7 Å². The van der Waals surface area contributed by atoms with Crippen molar-refractivity contribution in [2.24, 2.45) is 7.05 Å². The SMILES string of the molecule is C[C@H]1NCc2cc(-c3cccc4c(=O)n(C)c(NC5(C)CC5)nc34)[nH]c21. The van der Waals surface area contributed by atoms with Crippen LogP contribution < -0.4 is 16.2 Å². The molecule has 1 fully saturated rings. The van der Waals surface area contributed by atoms with E-state index in [2.05, 4.69) is 35.5 Å². The Morgan fingerprint density at radius 3 is 2.88 bits per heavy atom. The summed E-state index contributed by atoms with van der Waals surface area (Å²) in [6, 6.07) is 8.33. The van der Waals surface area contributed by atoms with Gasteiger partial charge in [0.1, 0.15) is 0 Å². The van der Waals surface area contributed by atoms with E-state index >= 15 is 0 Å². The summed E-state index contributed by atoms with van der Waals surface area (Å²) in [5, 5.41) is 7.53. The molecule has 0 saturated heterocycles. The van der Waals surface area contributed by atoms with Crippen molar-refractivity contribution in [2.45, 2.75) is 44.8 Å². The van der Waals surface area contributed by atoms with Gasteiger partial charge in [-0.1, -0.05) is 12.1 Å². The Hall–Kier alpha value is -2.60. The Labute approximate surface area is 151 Å². The first kappa shape index (κ1) is 15.6. The third-order valence-corrected chi connectivity index (χ3v) is 5.78. The zero-order chi connectivity index (χ0) is 18.1. The van der Waals surface area contributed by atoms with Gasteiger partial charge in [0, 0.05) is 42.1 Å².